The zero-order valence-electron chi connectivity index (χ0n) is 8.92. The maximum Gasteiger partial charge on any atom is 0.397 e. The molecule has 2 rings (SSSR count). The van der Waals surface area contributed by atoms with Crippen LogP contribution in [-0.2, 0) is 9.05 Å². The second-order valence-corrected chi connectivity index (χ2v) is 4.75. The third kappa shape index (κ3) is 3.16. The van der Waals surface area contributed by atoms with Gasteiger partial charge >= 0.3 is 8.60 Å². The second kappa shape index (κ2) is 4.93. The van der Waals surface area contributed by atoms with Gasteiger partial charge in [-0.15, -0.1) is 0 Å². The molecular weight excluding hydrogens is 211 g/mol. The number of para-hydroxylation sites is 1. The van der Waals surface area contributed by atoms with E-state index in [4.69, 9.17) is 13.6 Å². The Morgan fingerprint density at radius 1 is 1.13 bits per heavy atom. The van der Waals surface area contributed by atoms with E-state index in [1.807, 2.05) is 44.2 Å². The number of benzene rings is 1. The summed E-state index contributed by atoms with van der Waals surface area (Å²) in [4.78, 5) is 0. The van der Waals surface area contributed by atoms with Gasteiger partial charge in [-0.2, -0.15) is 0 Å². The molecule has 0 amide bonds. The Bertz CT molecular complexity index is 294. The van der Waals surface area contributed by atoms with Gasteiger partial charge in [-0.05, 0) is 26.0 Å². The van der Waals surface area contributed by atoms with Crippen molar-refractivity contribution in [1.29, 1.82) is 0 Å². The van der Waals surface area contributed by atoms with Crippen LogP contribution in [0.2, 0.25) is 0 Å². The highest BCUT2D eigenvalue weighted by atomic mass is 31.2. The monoisotopic (exact) mass is 226 g/mol. The molecule has 0 saturated carbocycles. The van der Waals surface area contributed by atoms with Crippen LogP contribution in [0, 0.1) is 0 Å². The number of hydrogen-bond acceptors (Lipinski definition) is 3. The lowest BCUT2D eigenvalue weighted by Gasteiger charge is -2.29. The average Bonchev–Trinajstić information content (AvgIpc) is 2.17. The minimum absolute atomic E-state index is 0.212. The summed E-state index contributed by atoms with van der Waals surface area (Å²) in [6, 6.07) is 9.62. The van der Waals surface area contributed by atoms with Crippen LogP contribution in [0.3, 0.4) is 0 Å². The quantitative estimate of drug-likeness (QED) is 0.722. The molecule has 4 heteroatoms. The maximum absolute atomic E-state index is 5.62. The Morgan fingerprint density at radius 2 is 1.73 bits per heavy atom. The molecule has 0 aromatic heterocycles. The molecule has 1 saturated heterocycles. The van der Waals surface area contributed by atoms with E-state index in [1.54, 1.807) is 0 Å². The van der Waals surface area contributed by atoms with Crippen LogP contribution in [0.15, 0.2) is 30.3 Å². The van der Waals surface area contributed by atoms with Gasteiger partial charge in [-0.25, -0.2) is 0 Å². The molecule has 0 aliphatic carbocycles. The van der Waals surface area contributed by atoms with Gasteiger partial charge in [-0.1, -0.05) is 18.2 Å². The van der Waals surface area contributed by atoms with Crippen LogP contribution in [0.5, 0.6) is 5.75 Å². The molecule has 82 valence electrons. The normalized spacial score (nSPS) is 31.2. The van der Waals surface area contributed by atoms with Gasteiger partial charge in [-0.3, -0.25) is 9.05 Å². The molecule has 3 nitrogen and oxygen atoms in total. The zero-order chi connectivity index (χ0) is 10.7. The minimum Gasteiger partial charge on any atom is -0.427 e. The molecule has 2 atom stereocenters. The van der Waals surface area contributed by atoms with Crippen LogP contribution in [-0.4, -0.2) is 12.2 Å². The fraction of sp³-hybridized carbons (Fsp3) is 0.455. The van der Waals surface area contributed by atoms with E-state index in [9.17, 15) is 0 Å². The lowest BCUT2D eigenvalue weighted by Crippen LogP contribution is -2.23. The van der Waals surface area contributed by atoms with Crippen molar-refractivity contribution in [2.24, 2.45) is 0 Å². The van der Waals surface area contributed by atoms with E-state index in [-0.39, 0.29) is 12.2 Å². The van der Waals surface area contributed by atoms with Gasteiger partial charge in [0.1, 0.15) is 5.75 Å². The van der Waals surface area contributed by atoms with Gasteiger partial charge < -0.3 is 4.52 Å². The van der Waals surface area contributed by atoms with E-state index in [0.717, 1.165) is 12.2 Å². The molecule has 1 heterocycles. The van der Waals surface area contributed by atoms with Crippen LogP contribution < -0.4 is 4.52 Å². The highest BCUT2D eigenvalue weighted by molar-refractivity contribution is 7.42. The van der Waals surface area contributed by atoms with Crippen molar-refractivity contribution in [1.82, 2.24) is 0 Å². The van der Waals surface area contributed by atoms with E-state index < -0.39 is 8.60 Å². The summed E-state index contributed by atoms with van der Waals surface area (Å²) in [5, 5.41) is 0. The fourth-order valence-electron chi connectivity index (χ4n) is 1.48. The Labute approximate surface area is 91.4 Å². The maximum atomic E-state index is 5.62. The molecule has 0 N–H and O–H groups in total. The molecule has 2 unspecified atom stereocenters. The molecule has 15 heavy (non-hydrogen) atoms. The van der Waals surface area contributed by atoms with E-state index >= 15 is 0 Å². The Morgan fingerprint density at radius 3 is 2.33 bits per heavy atom. The first kappa shape index (κ1) is 10.9. The molecule has 1 fully saturated rings. The lowest BCUT2D eigenvalue weighted by atomic mass is 10.2. The van der Waals surface area contributed by atoms with Gasteiger partial charge in [0.05, 0.1) is 12.2 Å². The number of rotatable bonds is 2. The molecule has 1 aromatic rings. The molecule has 0 radical (unpaired) electrons. The van der Waals surface area contributed by atoms with Gasteiger partial charge in [0, 0.05) is 6.42 Å². The van der Waals surface area contributed by atoms with Crippen molar-refractivity contribution in [3.63, 3.8) is 0 Å². The first-order valence-corrected chi connectivity index (χ1v) is 6.20. The summed E-state index contributed by atoms with van der Waals surface area (Å²) in [6.07, 6.45) is 1.35. The summed E-state index contributed by atoms with van der Waals surface area (Å²) < 4.78 is 16.8. The summed E-state index contributed by atoms with van der Waals surface area (Å²) in [5.74, 6) is 0.796. The van der Waals surface area contributed by atoms with Gasteiger partial charge in [0.2, 0.25) is 0 Å². The van der Waals surface area contributed by atoms with Crippen molar-refractivity contribution in [3.8, 4) is 5.75 Å². The van der Waals surface area contributed by atoms with Crippen molar-refractivity contribution < 1.29 is 13.6 Å². The predicted molar refractivity (Wildman–Crippen MR) is 59.7 cm³/mol. The van der Waals surface area contributed by atoms with Crippen LogP contribution >= 0.6 is 8.60 Å². The average molecular weight is 226 g/mol. The molecule has 0 bridgehead atoms. The summed E-state index contributed by atoms with van der Waals surface area (Å²) in [5.41, 5.74) is 0. The van der Waals surface area contributed by atoms with Crippen LogP contribution in [0.1, 0.15) is 20.3 Å². The topological polar surface area (TPSA) is 27.7 Å². The third-order valence-corrected chi connectivity index (χ3v) is 3.54. The van der Waals surface area contributed by atoms with E-state index in [0.29, 0.717) is 0 Å². The van der Waals surface area contributed by atoms with E-state index in [2.05, 4.69) is 0 Å². The standard InChI is InChI=1S/C11H15O3P/c1-9-8-10(2)13-15(12-9)14-11-6-4-3-5-7-11/h3-7,9-10H,8H2,1-2H3. The van der Waals surface area contributed by atoms with E-state index in [1.165, 1.54) is 0 Å². The summed E-state index contributed by atoms with van der Waals surface area (Å²) in [7, 11) is -1.23. The molecule has 1 aliphatic heterocycles. The zero-order valence-corrected chi connectivity index (χ0v) is 9.81. The summed E-state index contributed by atoms with van der Waals surface area (Å²) >= 11 is 0. The van der Waals surface area contributed by atoms with Crippen molar-refractivity contribution in [2.45, 2.75) is 32.5 Å². The van der Waals surface area contributed by atoms with Crippen molar-refractivity contribution >= 4 is 8.60 Å². The van der Waals surface area contributed by atoms with Crippen molar-refractivity contribution in [2.75, 3.05) is 0 Å². The first-order chi connectivity index (χ1) is 7.24. The Hall–Kier alpha value is -0.630. The summed E-state index contributed by atoms with van der Waals surface area (Å²) in [6.45, 7) is 4.09. The molecular formula is C11H15O3P. The molecule has 0 spiro atoms. The van der Waals surface area contributed by atoms with Crippen LogP contribution in [0.25, 0.3) is 0 Å². The lowest BCUT2D eigenvalue weighted by molar-refractivity contribution is 0.0498. The molecule has 1 aromatic carbocycles. The van der Waals surface area contributed by atoms with Crippen molar-refractivity contribution in [3.05, 3.63) is 30.3 Å². The molecule has 1 aliphatic rings. The fourth-order valence-corrected chi connectivity index (χ4v) is 2.67. The highest BCUT2D eigenvalue weighted by Gasteiger charge is 2.28. The SMILES string of the molecule is CC1CC(C)OP(Oc2ccccc2)O1. The largest absolute Gasteiger partial charge is 0.427 e. The highest BCUT2D eigenvalue weighted by Crippen LogP contribution is 2.47. The van der Waals surface area contributed by atoms with Gasteiger partial charge in [0.25, 0.3) is 0 Å². The third-order valence-electron chi connectivity index (χ3n) is 2.12. The first-order valence-electron chi connectivity index (χ1n) is 5.11. The predicted octanol–water partition coefficient (Wildman–Crippen LogP) is 3.51. The Balaban J connectivity index is 1.94. The Kier molecular flexibility index (Phi) is 3.57. The van der Waals surface area contributed by atoms with Crippen LogP contribution in [0.4, 0.5) is 0 Å². The number of hydrogen-bond donors (Lipinski definition) is 0. The minimum atomic E-state index is -1.23. The smallest absolute Gasteiger partial charge is 0.397 e. The second-order valence-electron chi connectivity index (χ2n) is 3.70. The van der Waals surface area contributed by atoms with Gasteiger partial charge in [0.15, 0.2) is 0 Å².